The van der Waals surface area contributed by atoms with E-state index in [-0.39, 0.29) is 35.2 Å². The SMILES string of the molecule is Cc1ccc(C(=O)N[C@@H]2C[C@@H](COc3nc(N4CC5CCC(C5)C4)c4cnc(-c5cccc6cccc(Cl)c56)c(F)c4n3)N(C)C2)cc1. The molecule has 10 heteroatoms. The van der Waals surface area contributed by atoms with Crippen LogP contribution in [0.2, 0.25) is 5.02 Å². The fraction of sp³-hybridized carbons (Fsp3) is 0.368. The highest BCUT2D eigenvalue weighted by molar-refractivity contribution is 6.36. The first-order chi connectivity index (χ1) is 23.3. The average molecular weight is 665 g/mol. The Morgan fingerprint density at radius 1 is 1.00 bits per heavy atom. The molecule has 2 aliphatic heterocycles. The number of benzene rings is 3. The van der Waals surface area contributed by atoms with Crippen molar-refractivity contribution in [1.29, 1.82) is 0 Å². The highest BCUT2D eigenvalue weighted by Gasteiger charge is 2.35. The lowest BCUT2D eigenvalue weighted by molar-refractivity contribution is 0.0938. The number of anilines is 1. The van der Waals surface area contributed by atoms with Gasteiger partial charge in [-0.25, -0.2) is 4.39 Å². The summed E-state index contributed by atoms with van der Waals surface area (Å²) in [4.78, 5) is 31.6. The molecule has 2 saturated heterocycles. The van der Waals surface area contributed by atoms with Gasteiger partial charge >= 0.3 is 6.01 Å². The zero-order valence-corrected chi connectivity index (χ0v) is 27.9. The van der Waals surface area contributed by atoms with E-state index in [1.807, 2.05) is 74.6 Å². The minimum absolute atomic E-state index is 0.0205. The maximum absolute atomic E-state index is 16.7. The van der Waals surface area contributed by atoms with Gasteiger partial charge in [0.1, 0.15) is 23.6 Å². The van der Waals surface area contributed by atoms with Gasteiger partial charge < -0.3 is 15.0 Å². The Bertz CT molecular complexity index is 2010. The summed E-state index contributed by atoms with van der Waals surface area (Å²) in [6, 6.07) is 19.1. The van der Waals surface area contributed by atoms with Crippen molar-refractivity contribution < 1.29 is 13.9 Å². The maximum atomic E-state index is 16.7. The third-order valence-corrected chi connectivity index (χ3v) is 10.7. The van der Waals surface area contributed by atoms with Crippen molar-refractivity contribution in [3.8, 4) is 17.3 Å². The van der Waals surface area contributed by atoms with Crippen molar-refractivity contribution >= 4 is 45.0 Å². The first kappa shape index (κ1) is 31.0. The van der Waals surface area contributed by atoms with Crippen LogP contribution in [-0.2, 0) is 0 Å². The summed E-state index contributed by atoms with van der Waals surface area (Å²) in [7, 11) is 2.02. The van der Waals surface area contributed by atoms with Gasteiger partial charge in [-0.05, 0) is 75.1 Å². The monoisotopic (exact) mass is 664 g/mol. The topological polar surface area (TPSA) is 83.5 Å². The van der Waals surface area contributed by atoms with Crippen molar-refractivity contribution in [2.75, 3.05) is 38.2 Å². The molecule has 8 rings (SSSR count). The lowest BCUT2D eigenvalue weighted by Gasteiger charge is -2.33. The molecule has 8 nitrogen and oxygen atoms in total. The number of nitrogens with zero attached hydrogens (tertiary/aromatic N) is 5. The first-order valence-corrected chi connectivity index (χ1v) is 17.2. The summed E-state index contributed by atoms with van der Waals surface area (Å²) in [6.07, 6.45) is 6.07. The third kappa shape index (κ3) is 5.83. The highest BCUT2D eigenvalue weighted by Crippen LogP contribution is 2.41. The molecule has 3 aliphatic rings. The normalized spacial score (nSPS) is 22.5. The van der Waals surface area contributed by atoms with Crippen LogP contribution in [0.15, 0.2) is 66.9 Å². The van der Waals surface area contributed by atoms with Crippen LogP contribution in [0.5, 0.6) is 6.01 Å². The molecule has 0 radical (unpaired) electrons. The molecular weight excluding hydrogens is 627 g/mol. The van der Waals surface area contributed by atoms with Crippen LogP contribution in [0.4, 0.5) is 10.2 Å². The fourth-order valence-corrected chi connectivity index (χ4v) is 8.20. The van der Waals surface area contributed by atoms with Gasteiger partial charge in [-0.15, -0.1) is 0 Å². The molecule has 1 saturated carbocycles. The molecule has 2 bridgehead atoms. The van der Waals surface area contributed by atoms with Crippen LogP contribution >= 0.6 is 11.6 Å². The minimum atomic E-state index is -0.523. The van der Waals surface area contributed by atoms with Crippen LogP contribution < -0.4 is 15.0 Å². The largest absolute Gasteiger partial charge is 0.462 e. The third-order valence-electron chi connectivity index (χ3n) is 10.4. The van der Waals surface area contributed by atoms with E-state index in [4.69, 9.17) is 21.3 Å². The van der Waals surface area contributed by atoms with Gasteiger partial charge in [0, 0.05) is 59.5 Å². The molecular formula is C38H38ClFN6O2. The van der Waals surface area contributed by atoms with Crippen LogP contribution in [0.25, 0.3) is 32.9 Å². The first-order valence-electron chi connectivity index (χ1n) is 16.8. The molecule has 2 aromatic heterocycles. The van der Waals surface area contributed by atoms with Gasteiger partial charge in [0.05, 0.1) is 5.39 Å². The quantitative estimate of drug-likeness (QED) is 0.199. The van der Waals surface area contributed by atoms with E-state index in [1.165, 1.54) is 19.3 Å². The number of hydrogen-bond donors (Lipinski definition) is 1. The highest BCUT2D eigenvalue weighted by atomic mass is 35.5. The number of likely N-dealkylation sites (tertiary alicyclic amines) is 1. The molecule has 4 heterocycles. The summed E-state index contributed by atoms with van der Waals surface area (Å²) in [5, 5.41) is 5.94. The second-order valence-corrected chi connectivity index (χ2v) is 14.2. The number of hydrogen-bond acceptors (Lipinski definition) is 7. The van der Waals surface area contributed by atoms with Gasteiger partial charge in [0.25, 0.3) is 5.91 Å². The smallest absolute Gasteiger partial charge is 0.319 e. The number of piperidine rings is 1. The van der Waals surface area contributed by atoms with E-state index in [2.05, 4.69) is 25.1 Å². The van der Waals surface area contributed by atoms with E-state index >= 15 is 4.39 Å². The fourth-order valence-electron chi connectivity index (χ4n) is 7.91. The van der Waals surface area contributed by atoms with E-state index in [0.717, 1.165) is 29.4 Å². The summed E-state index contributed by atoms with van der Waals surface area (Å²) >= 11 is 6.63. The number of nitrogens with one attached hydrogen (secondary N) is 1. The molecule has 246 valence electrons. The van der Waals surface area contributed by atoms with Crippen molar-refractivity contribution in [2.24, 2.45) is 11.8 Å². The van der Waals surface area contributed by atoms with E-state index < -0.39 is 5.82 Å². The number of likely N-dealkylation sites (N-methyl/N-ethyl adjacent to an activating group) is 1. The molecule has 3 aromatic carbocycles. The Morgan fingerprint density at radius 3 is 2.52 bits per heavy atom. The number of pyridine rings is 1. The predicted molar refractivity (Wildman–Crippen MR) is 187 cm³/mol. The number of rotatable bonds is 7. The molecule has 0 spiro atoms. The Labute approximate surface area is 284 Å². The molecule has 5 aromatic rings. The van der Waals surface area contributed by atoms with Crippen molar-refractivity contribution in [3.63, 3.8) is 0 Å². The summed E-state index contributed by atoms with van der Waals surface area (Å²) < 4.78 is 23.0. The van der Waals surface area contributed by atoms with Gasteiger partial charge in [0.15, 0.2) is 5.82 Å². The molecule has 1 aliphatic carbocycles. The summed E-state index contributed by atoms with van der Waals surface area (Å²) in [5.74, 6) is 1.27. The number of carbonyl (C=O) groups excluding carboxylic acids is 1. The standard InChI is InChI=1S/C38H38ClFN6O2/c1-22-9-13-26(14-10-22)37(47)42-27-16-28(45(2)20-27)21-48-38-43-35-30(36(44-38)46-18-23-11-12-24(15-23)19-46)17-41-34(33(35)40)29-7-3-5-25-6-4-8-31(39)32(25)29/h3-10,13-14,17,23-24,27-28H,11-12,15-16,18-21H2,1-2H3,(H,42,47)/t23?,24?,27-,28+/m1/s1. The average Bonchev–Trinajstić information content (AvgIpc) is 3.62. The van der Waals surface area contributed by atoms with Gasteiger partial charge in [0.2, 0.25) is 0 Å². The second kappa shape index (κ2) is 12.6. The molecule has 48 heavy (non-hydrogen) atoms. The van der Waals surface area contributed by atoms with Gasteiger partial charge in [-0.2, -0.15) is 9.97 Å². The van der Waals surface area contributed by atoms with Gasteiger partial charge in [-0.1, -0.05) is 59.6 Å². The number of fused-ring (bicyclic) bond motifs is 4. The van der Waals surface area contributed by atoms with E-state index in [9.17, 15) is 4.79 Å². The lowest BCUT2D eigenvalue weighted by Crippen LogP contribution is -2.37. The Hall–Kier alpha value is -4.34. The number of carbonyl (C=O) groups is 1. The van der Waals surface area contributed by atoms with Gasteiger partial charge in [-0.3, -0.25) is 14.7 Å². The number of amides is 1. The number of halogens is 2. The van der Waals surface area contributed by atoms with E-state index in [0.29, 0.717) is 58.8 Å². The number of aryl methyl sites for hydroxylation is 1. The predicted octanol–water partition coefficient (Wildman–Crippen LogP) is 7.06. The van der Waals surface area contributed by atoms with E-state index in [1.54, 1.807) is 6.20 Å². The second-order valence-electron chi connectivity index (χ2n) is 13.8. The Balaban J connectivity index is 1.10. The van der Waals surface area contributed by atoms with Crippen LogP contribution in [-0.4, -0.2) is 71.1 Å². The van der Waals surface area contributed by atoms with Crippen molar-refractivity contribution in [1.82, 2.24) is 25.2 Å². The lowest BCUT2D eigenvalue weighted by atomic mass is 9.98. The zero-order chi connectivity index (χ0) is 32.9. The zero-order valence-electron chi connectivity index (χ0n) is 27.1. The minimum Gasteiger partial charge on any atom is -0.462 e. The summed E-state index contributed by atoms with van der Waals surface area (Å²) in [6.45, 7) is 4.75. The van der Waals surface area contributed by atoms with Crippen molar-refractivity contribution in [3.05, 3.63) is 88.8 Å². The Morgan fingerprint density at radius 2 is 1.75 bits per heavy atom. The van der Waals surface area contributed by atoms with Crippen LogP contribution in [0.1, 0.15) is 41.6 Å². The summed E-state index contributed by atoms with van der Waals surface area (Å²) in [5.41, 5.74) is 2.75. The molecule has 2 unspecified atom stereocenters. The Kier molecular flexibility index (Phi) is 8.13. The number of ether oxygens (including phenoxy) is 1. The van der Waals surface area contributed by atoms with Crippen LogP contribution in [0.3, 0.4) is 0 Å². The number of aromatic nitrogens is 3. The molecule has 4 atom stereocenters. The molecule has 3 fully saturated rings. The maximum Gasteiger partial charge on any atom is 0.319 e. The van der Waals surface area contributed by atoms with Crippen LogP contribution in [0, 0.1) is 24.6 Å². The molecule has 1 amide bonds. The molecule has 1 N–H and O–H groups in total. The van der Waals surface area contributed by atoms with Crippen molar-refractivity contribution in [2.45, 2.75) is 44.7 Å².